The Labute approximate surface area is 112 Å². The molecule has 102 valence electrons. The third-order valence-electron chi connectivity index (χ3n) is 2.08. The maximum absolute atomic E-state index is 9.30. The lowest BCUT2D eigenvalue weighted by atomic mass is 10.4. The highest BCUT2D eigenvalue weighted by atomic mass is 32.2. The van der Waals surface area contributed by atoms with Crippen LogP contribution < -0.4 is 11.3 Å². The molecule has 0 spiro atoms. The molecule has 2 heterocycles. The molecule has 1 unspecified atom stereocenters. The first-order chi connectivity index (χ1) is 9.22. The molecule has 9 nitrogen and oxygen atoms in total. The molecular weight excluding hydrogens is 270 g/mol. The fourth-order valence-electron chi connectivity index (χ4n) is 1.19. The van der Waals surface area contributed by atoms with Crippen LogP contribution >= 0.6 is 11.8 Å². The molecule has 2 aromatic heterocycles. The fraction of sp³-hybridized carbons (Fsp3) is 0.333. The number of rotatable bonds is 6. The molecule has 0 bridgehead atoms. The average molecular weight is 283 g/mol. The molecule has 2 aromatic rings. The van der Waals surface area contributed by atoms with Gasteiger partial charge in [0.1, 0.15) is 6.33 Å². The first-order valence-electron chi connectivity index (χ1n) is 5.35. The number of hydrogen-bond donors (Lipinski definition) is 4. The molecule has 19 heavy (non-hydrogen) atoms. The van der Waals surface area contributed by atoms with Crippen molar-refractivity contribution in [2.45, 2.75) is 11.3 Å². The van der Waals surface area contributed by atoms with Crippen molar-refractivity contribution in [2.75, 3.05) is 17.8 Å². The molecule has 5 N–H and O–H groups in total. The first kappa shape index (κ1) is 13.7. The summed E-state index contributed by atoms with van der Waals surface area (Å²) in [4.78, 5) is 16.2. The van der Waals surface area contributed by atoms with E-state index in [-0.39, 0.29) is 18.3 Å². The van der Waals surface area contributed by atoms with Crippen molar-refractivity contribution in [3.05, 3.63) is 18.7 Å². The second kappa shape index (κ2) is 6.43. The molecule has 1 atom stereocenters. The van der Waals surface area contributed by atoms with E-state index >= 15 is 0 Å². The predicted molar refractivity (Wildman–Crippen MR) is 68.6 cm³/mol. The number of nitrogens with two attached hydrogens (primary N) is 1. The van der Waals surface area contributed by atoms with Gasteiger partial charge in [-0.2, -0.15) is 15.0 Å². The smallest absolute Gasteiger partial charge is 0.242 e. The summed E-state index contributed by atoms with van der Waals surface area (Å²) in [6.45, 7) is -0.311. The Bertz CT molecular complexity index is 521. The van der Waals surface area contributed by atoms with Crippen molar-refractivity contribution in [1.82, 2.24) is 24.5 Å². The summed E-state index contributed by atoms with van der Waals surface area (Å²) in [5.74, 6) is 6.14. The van der Waals surface area contributed by atoms with Crippen LogP contribution in [-0.2, 0) is 0 Å². The van der Waals surface area contributed by atoms with Crippen LogP contribution in [0.5, 0.6) is 0 Å². The van der Waals surface area contributed by atoms with Gasteiger partial charge in [0, 0.05) is 18.1 Å². The quantitative estimate of drug-likeness (QED) is 0.292. The van der Waals surface area contributed by atoms with E-state index < -0.39 is 6.10 Å². The van der Waals surface area contributed by atoms with Gasteiger partial charge in [-0.15, -0.1) is 0 Å². The number of nitrogens with one attached hydrogen (secondary N) is 1. The minimum absolute atomic E-state index is 0.208. The van der Waals surface area contributed by atoms with Crippen LogP contribution in [0.2, 0.25) is 0 Å². The van der Waals surface area contributed by atoms with E-state index in [2.05, 4.69) is 25.4 Å². The second-order valence-corrected chi connectivity index (χ2v) is 4.49. The lowest BCUT2D eigenvalue weighted by Gasteiger charge is -2.08. The lowest BCUT2D eigenvalue weighted by Crippen LogP contribution is -2.16. The highest BCUT2D eigenvalue weighted by molar-refractivity contribution is 7.99. The fourth-order valence-corrected chi connectivity index (χ4v) is 1.94. The molecule has 0 aromatic carbocycles. The molecular formula is C9H13N7O2S. The number of aliphatic hydroxyl groups excluding tert-OH is 2. The van der Waals surface area contributed by atoms with Crippen molar-refractivity contribution in [2.24, 2.45) is 5.84 Å². The van der Waals surface area contributed by atoms with Gasteiger partial charge < -0.3 is 10.2 Å². The molecule has 10 heteroatoms. The Hall–Kier alpha value is -1.75. The van der Waals surface area contributed by atoms with Crippen LogP contribution in [0.25, 0.3) is 5.95 Å². The second-order valence-electron chi connectivity index (χ2n) is 3.50. The van der Waals surface area contributed by atoms with Crippen LogP contribution in [0.4, 0.5) is 5.95 Å². The monoisotopic (exact) mass is 283 g/mol. The maximum Gasteiger partial charge on any atom is 0.242 e. The minimum Gasteiger partial charge on any atom is -0.394 e. The molecule has 2 rings (SSSR count). The van der Waals surface area contributed by atoms with E-state index in [9.17, 15) is 5.11 Å². The van der Waals surface area contributed by atoms with E-state index in [1.54, 1.807) is 23.3 Å². The Balaban J connectivity index is 2.21. The number of hydrogen-bond acceptors (Lipinski definition) is 9. The molecule has 0 amide bonds. The maximum atomic E-state index is 9.30. The van der Waals surface area contributed by atoms with Crippen LogP contribution in [0.3, 0.4) is 0 Å². The number of aliphatic hydroxyl groups is 2. The zero-order valence-corrected chi connectivity index (χ0v) is 10.7. The summed E-state index contributed by atoms with van der Waals surface area (Å²) >= 11 is 1.19. The van der Waals surface area contributed by atoms with E-state index in [4.69, 9.17) is 10.9 Å². The molecule has 0 fully saturated rings. The number of imidazole rings is 1. The van der Waals surface area contributed by atoms with Crippen molar-refractivity contribution < 1.29 is 10.2 Å². The number of nitrogen functional groups attached to an aromatic ring is 1. The van der Waals surface area contributed by atoms with Crippen molar-refractivity contribution >= 4 is 17.7 Å². The number of anilines is 1. The number of hydrazine groups is 1. The van der Waals surface area contributed by atoms with Gasteiger partial charge >= 0.3 is 0 Å². The summed E-state index contributed by atoms with van der Waals surface area (Å²) < 4.78 is 1.61. The average Bonchev–Trinajstić information content (AvgIpc) is 2.98. The Kier molecular flexibility index (Phi) is 4.63. The number of thioether (sulfide) groups is 1. The van der Waals surface area contributed by atoms with Gasteiger partial charge in [0.15, 0.2) is 5.16 Å². The zero-order valence-electron chi connectivity index (χ0n) is 9.84. The highest BCUT2D eigenvalue weighted by Gasteiger charge is 2.10. The highest BCUT2D eigenvalue weighted by Crippen LogP contribution is 2.16. The largest absolute Gasteiger partial charge is 0.394 e. The van der Waals surface area contributed by atoms with E-state index in [1.165, 1.54) is 11.8 Å². The molecule has 0 radical (unpaired) electrons. The van der Waals surface area contributed by atoms with Crippen molar-refractivity contribution in [1.29, 1.82) is 0 Å². The third-order valence-corrected chi connectivity index (χ3v) is 3.08. The number of aromatic nitrogens is 5. The zero-order chi connectivity index (χ0) is 13.7. The standard InChI is InChI=1S/C9H13N7O2S/c10-15-7-12-8(16-2-1-11-5-16)14-9(13-7)19-4-6(18)3-17/h1-2,5-6,17-18H,3-4,10H2,(H,12,13,14,15). The van der Waals surface area contributed by atoms with E-state index in [1.807, 2.05) is 0 Å². The van der Waals surface area contributed by atoms with E-state index in [0.29, 0.717) is 11.1 Å². The lowest BCUT2D eigenvalue weighted by molar-refractivity contribution is 0.113. The van der Waals surface area contributed by atoms with Crippen molar-refractivity contribution in [3.8, 4) is 5.95 Å². The van der Waals surface area contributed by atoms with E-state index in [0.717, 1.165) is 0 Å². The van der Waals surface area contributed by atoms with Gasteiger partial charge in [-0.3, -0.25) is 9.99 Å². The minimum atomic E-state index is -0.826. The molecule has 0 saturated heterocycles. The molecule has 0 aliphatic rings. The number of nitrogens with zero attached hydrogens (tertiary/aromatic N) is 5. The Morgan fingerprint density at radius 1 is 1.42 bits per heavy atom. The summed E-state index contributed by atoms with van der Waals surface area (Å²) in [5.41, 5.74) is 2.35. The SMILES string of the molecule is NNc1nc(SCC(O)CO)nc(-n2ccnc2)n1. The molecule has 0 saturated carbocycles. The van der Waals surface area contributed by atoms with Crippen LogP contribution in [0, 0.1) is 0 Å². The normalized spacial score (nSPS) is 12.4. The van der Waals surface area contributed by atoms with Crippen LogP contribution in [0.1, 0.15) is 0 Å². The van der Waals surface area contributed by atoms with Crippen LogP contribution in [-0.4, -0.2) is 53.2 Å². The van der Waals surface area contributed by atoms with Gasteiger partial charge in [-0.1, -0.05) is 11.8 Å². The molecule has 0 aliphatic carbocycles. The Morgan fingerprint density at radius 3 is 2.89 bits per heavy atom. The summed E-state index contributed by atoms with van der Waals surface area (Å²) in [7, 11) is 0. The van der Waals surface area contributed by atoms with Crippen LogP contribution in [0.15, 0.2) is 23.9 Å². The predicted octanol–water partition coefficient (Wildman–Crippen LogP) is -1.21. The van der Waals surface area contributed by atoms with Gasteiger partial charge in [0.2, 0.25) is 11.9 Å². The van der Waals surface area contributed by atoms with Gasteiger partial charge in [-0.25, -0.2) is 10.8 Å². The molecule has 0 aliphatic heterocycles. The summed E-state index contributed by atoms with van der Waals surface area (Å²) in [6.07, 6.45) is 4.01. The topological polar surface area (TPSA) is 135 Å². The van der Waals surface area contributed by atoms with Gasteiger partial charge in [0.05, 0.1) is 12.7 Å². The van der Waals surface area contributed by atoms with Crippen molar-refractivity contribution in [3.63, 3.8) is 0 Å². The summed E-state index contributed by atoms with van der Waals surface area (Å²) in [5, 5.41) is 18.4. The van der Waals surface area contributed by atoms with Gasteiger partial charge in [0.25, 0.3) is 0 Å². The van der Waals surface area contributed by atoms with Gasteiger partial charge in [-0.05, 0) is 0 Å². The third kappa shape index (κ3) is 3.61. The Morgan fingerprint density at radius 2 is 2.26 bits per heavy atom. The first-order valence-corrected chi connectivity index (χ1v) is 6.34. The summed E-state index contributed by atoms with van der Waals surface area (Å²) in [6, 6.07) is 0.